The van der Waals surface area contributed by atoms with Crippen LogP contribution < -0.4 is 0 Å². The minimum atomic E-state index is -0.965. The SMILES string of the molecule is CC(C)(C)OC(=O)N1CCCC1.CC(C)(C)OC(=O)N1CCCC1C(C(=O)O)c1cccc(Cl)c1.COC(=O)C(=[N+]=[N-])c1cccc(Cl)c1.COC(=O)C(c1cccc(Cl)c1)C1CCCN1C(=O)OC(C)(C)C.COC(=O)Cc1cccc(Cl)c1. The van der Waals surface area contributed by atoms with Gasteiger partial charge < -0.3 is 53.8 Å². The summed E-state index contributed by atoms with van der Waals surface area (Å²) < 4.78 is 30.0. The molecule has 0 saturated carbocycles. The molecule has 4 unspecified atom stereocenters. The van der Waals surface area contributed by atoms with Crippen LogP contribution in [-0.2, 0) is 54.0 Å². The molecule has 4 atom stereocenters. The Balaban J connectivity index is 0.000000288. The predicted octanol–water partition coefficient (Wildman–Crippen LogP) is 13.5. The van der Waals surface area contributed by atoms with E-state index < -0.39 is 53.2 Å². The quantitative estimate of drug-likeness (QED) is 0.0511. The number of amides is 3. The lowest BCUT2D eigenvalue weighted by atomic mass is 9.90. The molecule has 0 radical (unpaired) electrons. The van der Waals surface area contributed by atoms with Gasteiger partial charge in [-0.1, -0.05) is 88.9 Å². The molecular weight excluding hydrogens is 1180 g/mol. The third-order valence-electron chi connectivity index (χ3n) is 12.6. The Kier molecular flexibility index (Phi) is 29.2. The number of ether oxygens (including phenoxy) is 6. The second-order valence-corrected chi connectivity index (χ2v) is 24.4. The van der Waals surface area contributed by atoms with Crippen molar-refractivity contribution in [1.82, 2.24) is 14.7 Å². The highest BCUT2D eigenvalue weighted by molar-refractivity contribution is 6.41. The van der Waals surface area contributed by atoms with Crippen LogP contribution in [0, 0.1) is 0 Å². The highest BCUT2D eigenvalue weighted by Crippen LogP contribution is 2.36. The van der Waals surface area contributed by atoms with Crippen LogP contribution in [0.2, 0.25) is 20.1 Å². The summed E-state index contributed by atoms with van der Waals surface area (Å²) in [4.78, 5) is 90.2. The van der Waals surface area contributed by atoms with Gasteiger partial charge >= 0.3 is 47.9 Å². The normalized spacial score (nSPS) is 16.0. The van der Waals surface area contributed by atoms with Crippen LogP contribution in [0.5, 0.6) is 0 Å². The molecule has 3 saturated heterocycles. The van der Waals surface area contributed by atoms with E-state index >= 15 is 0 Å². The fraction of sp³-hybridized carbons (Fsp3) is 0.484. The average Bonchev–Trinajstić information content (AvgIpc) is 2.86. The second kappa shape index (κ2) is 34.3. The highest BCUT2D eigenvalue weighted by Gasteiger charge is 2.43. The Morgan fingerprint density at radius 1 is 0.553 bits per heavy atom. The molecule has 4 aromatic carbocycles. The van der Waals surface area contributed by atoms with Crippen molar-refractivity contribution in [2.75, 3.05) is 47.5 Å². The van der Waals surface area contributed by atoms with Gasteiger partial charge in [-0.05, 0) is 172 Å². The van der Waals surface area contributed by atoms with Gasteiger partial charge in [0.15, 0.2) is 0 Å². The van der Waals surface area contributed by atoms with Crippen LogP contribution in [0.25, 0.3) is 5.53 Å². The van der Waals surface area contributed by atoms with Gasteiger partial charge in [0.1, 0.15) is 28.6 Å². The Hall–Kier alpha value is -6.89. The number of carboxylic acid groups (broad SMARTS) is 1. The van der Waals surface area contributed by atoms with Gasteiger partial charge in [-0.15, -0.1) is 0 Å². The monoisotopic (exact) mass is 1260 g/mol. The summed E-state index contributed by atoms with van der Waals surface area (Å²) in [6.07, 6.45) is 4.38. The lowest BCUT2D eigenvalue weighted by Gasteiger charge is -2.32. The van der Waals surface area contributed by atoms with Crippen LogP contribution in [-0.4, -0.2) is 149 Å². The van der Waals surface area contributed by atoms with Crippen molar-refractivity contribution in [2.45, 2.75) is 148 Å². The third-order valence-corrected chi connectivity index (χ3v) is 13.5. The molecule has 23 heteroatoms. The molecule has 4 aromatic rings. The lowest BCUT2D eigenvalue weighted by molar-refractivity contribution is -0.144. The largest absolute Gasteiger partial charge is 0.481 e. The van der Waals surface area contributed by atoms with Crippen LogP contribution >= 0.6 is 46.4 Å². The number of likely N-dealkylation sites (tertiary alicyclic amines) is 3. The Bertz CT molecular complexity index is 2950. The Morgan fingerprint density at radius 3 is 1.38 bits per heavy atom. The van der Waals surface area contributed by atoms with Gasteiger partial charge in [-0.2, -0.15) is 4.79 Å². The average molecular weight is 1260 g/mol. The molecular formula is C62H79Cl4N5O14. The predicted molar refractivity (Wildman–Crippen MR) is 325 cm³/mol. The molecule has 0 bridgehead atoms. The van der Waals surface area contributed by atoms with E-state index in [1.54, 1.807) is 109 Å². The van der Waals surface area contributed by atoms with E-state index in [-0.39, 0.29) is 41.8 Å². The maximum absolute atomic E-state index is 12.5. The molecule has 1 N–H and O–H groups in total. The number of nitrogens with zero attached hydrogens (tertiary/aromatic N) is 5. The Morgan fingerprint density at radius 2 is 0.976 bits per heavy atom. The standard InChI is InChI=1S/C18H24ClNO4.C17H22ClNO4.C9H7ClN2O2.C9H9ClO2.C9H17NO2/c1-18(2,3)24-17(22)20-10-6-9-14(20)15(16(21)23-4)12-7-5-8-13(19)11-12;1-17(2,3)23-16(22)19-9-5-8-13(19)14(15(20)21)11-6-4-7-12(18)10-11;1-14-9(13)8(12-11)6-3-2-4-7(10)5-6;1-12-9(11)6-7-3-2-4-8(10)5-7;1-9(2,3)12-8(11)10-6-4-5-7-10/h5,7-8,11,14-15H,6,9-10H2,1-4H3;4,6-7,10,13-14H,5,8-9H2,1-3H3,(H,20,21);2-5H,1H3;2-5H,6H2,1H3;4-7H2,1-3H3. The topological polar surface area (TPSA) is 241 Å². The van der Waals surface area contributed by atoms with Gasteiger partial charge in [0.05, 0.1) is 45.4 Å². The first-order valence-corrected chi connectivity index (χ1v) is 29.0. The van der Waals surface area contributed by atoms with Crippen LogP contribution in [0.3, 0.4) is 0 Å². The maximum atomic E-state index is 12.5. The molecule has 3 heterocycles. The van der Waals surface area contributed by atoms with Gasteiger partial charge in [0.25, 0.3) is 0 Å². The van der Waals surface area contributed by atoms with Crippen LogP contribution in [0.4, 0.5) is 14.4 Å². The number of carbonyl (C=O) groups is 7. The minimum Gasteiger partial charge on any atom is -0.481 e. The summed E-state index contributed by atoms with van der Waals surface area (Å²) in [5, 5.41) is 11.8. The number of carboxylic acids is 1. The number of carbonyl (C=O) groups excluding carboxylic acids is 6. The summed E-state index contributed by atoms with van der Waals surface area (Å²) in [6, 6.07) is 26.7. The minimum absolute atomic E-state index is 0.167. The van der Waals surface area contributed by atoms with E-state index in [9.17, 15) is 38.7 Å². The highest BCUT2D eigenvalue weighted by atomic mass is 35.5. The zero-order valence-electron chi connectivity index (χ0n) is 50.3. The maximum Gasteiger partial charge on any atom is 0.422 e. The third kappa shape index (κ3) is 25.3. The van der Waals surface area contributed by atoms with Crippen LogP contribution in [0.15, 0.2) is 97.1 Å². The van der Waals surface area contributed by atoms with Gasteiger partial charge in [0, 0.05) is 46.3 Å². The van der Waals surface area contributed by atoms with E-state index in [0.717, 1.165) is 49.9 Å². The second-order valence-electron chi connectivity index (χ2n) is 22.7. The number of benzene rings is 4. The molecule has 7 rings (SSSR count). The number of halogens is 4. The summed E-state index contributed by atoms with van der Waals surface area (Å²) in [7, 11) is 3.93. The molecule has 3 fully saturated rings. The van der Waals surface area contributed by atoms with Crippen molar-refractivity contribution in [3.63, 3.8) is 0 Å². The van der Waals surface area contributed by atoms with Crippen molar-refractivity contribution in [2.24, 2.45) is 0 Å². The first-order valence-electron chi connectivity index (χ1n) is 27.5. The molecule has 0 aromatic heterocycles. The molecule has 19 nitrogen and oxygen atoms in total. The first-order chi connectivity index (χ1) is 39.8. The number of aliphatic carboxylic acids is 1. The van der Waals surface area contributed by atoms with Gasteiger partial charge in [-0.3, -0.25) is 14.4 Å². The number of esters is 3. The molecule has 3 aliphatic rings. The number of methoxy groups -OCH3 is 3. The molecule has 3 amide bonds. The summed E-state index contributed by atoms with van der Waals surface area (Å²) >= 11 is 23.5. The van der Waals surface area contributed by atoms with Crippen molar-refractivity contribution in [1.29, 1.82) is 0 Å². The van der Waals surface area contributed by atoms with Gasteiger partial charge in [0.2, 0.25) is 0 Å². The molecule has 3 aliphatic heterocycles. The van der Waals surface area contributed by atoms with Crippen molar-refractivity contribution in [3.05, 3.63) is 145 Å². The fourth-order valence-electron chi connectivity index (χ4n) is 9.01. The molecule has 464 valence electrons. The number of hydrogen-bond acceptors (Lipinski definition) is 13. The van der Waals surface area contributed by atoms with Crippen LogP contribution in [0.1, 0.15) is 135 Å². The molecule has 85 heavy (non-hydrogen) atoms. The fourth-order valence-corrected chi connectivity index (χ4v) is 9.81. The van der Waals surface area contributed by atoms with E-state index in [1.165, 1.54) is 32.3 Å². The smallest absolute Gasteiger partial charge is 0.422 e. The Labute approximate surface area is 518 Å². The van der Waals surface area contributed by atoms with Crippen molar-refractivity contribution >= 4 is 94.3 Å². The van der Waals surface area contributed by atoms with Gasteiger partial charge in [-0.25, -0.2) is 19.2 Å². The number of hydrogen-bond donors (Lipinski definition) is 1. The van der Waals surface area contributed by atoms with Crippen molar-refractivity contribution < 1.29 is 71.9 Å². The number of rotatable bonds is 10. The van der Waals surface area contributed by atoms with E-state index in [0.29, 0.717) is 57.1 Å². The van der Waals surface area contributed by atoms with Crippen molar-refractivity contribution in [3.8, 4) is 0 Å². The zero-order valence-corrected chi connectivity index (χ0v) is 53.4. The molecule has 0 aliphatic carbocycles. The summed E-state index contributed by atoms with van der Waals surface area (Å²) in [6.45, 7) is 19.3. The summed E-state index contributed by atoms with van der Waals surface area (Å²) in [5.41, 5.74) is 9.52. The zero-order chi connectivity index (χ0) is 63.8. The lowest BCUT2D eigenvalue weighted by Crippen LogP contribution is -2.44. The van der Waals surface area contributed by atoms with E-state index in [1.807, 2.05) is 53.7 Å². The molecule has 0 spiro atoms. The summed E-state index contributed by atoms with van der Waals surface area (Å²) in [5.74, 6) is -3.70. The first kappa shape index (κ1) is 72.4. The van der Waals surface area contributed by atoms with E-state index in [4.69, 9.17) is 70.9 Å². The van der Waals surface area contributed by atoms with E-state index in [2.05, 4.69) is 14.3 Å².